The lowest BCUT2D eigenvalue weighted by Crippen LogP contribution is -2.05. The Hall–Kier alpha value is -1.15. The van der Waals surface area contributed by atoms with Crippen LogP contribution in [0.1, 0.15) is 40.9 Å². The van der Waals surface area contributed by atoms with Gasteiger partial charge in [-0.05, 0) is 17.5 Å². The highest BCUT2D eigenvalue weighted by molar-refractivity contribution is 6.02. The molecule has 2 nitrogen and oxygen atoms in total. The molecule has 2 rings (SSSR count). The van der Waals surface area contributed by atoms with Gasteiger partial charge in [0.05, 0.1) is 0 Å². The van der Waals surface area contributed by atoms with Gasteiger partial charge in [0.1, 0.15) is 0 Å². The maximum Gasteiger partial charge on any atom is 0.165 e. The second-order valence-electron chi connectivity index (χ2n) is 3.47. The van der Waals surface area contributed by atoms with Gasteiger partial charge in [0.25, 0.3) is 0 Å². The minimum Gasteiger partial charge on any atom is -0.324 e. The number of hydrogen-bond donors (Lipinski definition) is 1. The van der Waals surface area contributed by atoms with Crippen LogP contribution in [0.15, 0.2) is 18.2 Å². The maximum absolute atomic E-state index is 11.6. The molecule has 1 aromatic carbocycles. The summed E-state index contributed by atoms with van der Waals surface area (Å²) in [5.74, 6) is 0.208. The van der Waals surface area contributed by atoms with E-state index >= 15 is 0 Å². The number of fused-ring (bicyclic) bond motifs is 1. The molecule has 2 heteroatoms. The summed E-state index contributed by atoms with van der Waals surface area (Å²) < 4.78 is 0. The molecule has 0 saturated carbocycles. The summed E-state index contributed by atoms with van der Waals surface area (Å²) in [5.41, 5.74) is 8.89. The van der Waals surface area contributed by atoms with Crippen molar-refractivity contribution in [2.45, 2.75) is 25.8 Å². The highest BCUT2D eigenvalue weighted by Gasteiger charge is 2.27. The third kappa shape index (κ3) is 1.18. The predicted molar refractivity (Wildman–Crippen MR) is 51.7 cm³/mol. The molecule has 0 unspecified atom stereocenters. The molecule has 0 amide bonds. The normalized spacial score (nSPS) is 20.5. The SMILES string of the molecule is CCc1cccc2c1C(=O)C[C@@H]2N. The van der Waals surface area contributed by atoms with Gasteiger partial charge in [-0.3, -0.25) is 4.79 Å². The van der Waals surface area contributed by atoms with Crippen molar-refractivity contribution in [3.05, 3.63) is 34.9 Å². The van der Waals surface area contributed by atoms with Crippen molar-refractivity contribution in [3.8, 4) is 0 Å². The number of Topliss-reactive ketones (excluding diaryl/α,β-unsaturated/α-hetero) is 1. The summed E-state index contributed by atoms with van der Waals surface area (Å²) in [7, 11) is 0. The van der Waals surface area contributed by atoms with E-state index in [-0.39, 0.29) is 11.8 Å². The molecule has 0 saturated heterocycles. The van der Waals surface area contributed by atoms with Crippen LogP contribution in [0.25, 0.3) is 0 Å². The van der Waals surface area contributed by atoms with E-state index in [1.54, 1.807) is 0 Å². The van der Waals surface area contributed by atoms with Gasteiger partial charge in [-0.25, -0.2) is 0 Å². The molecule has 0 spiro atoms. The number of benzene rings is 1. The van der Waals surface area contributed by atoms with Crippen LogP contribution in [0.3, 0.4) is 0 Å². The van der Waals surface area contributed by atoms with Crippen molar-refractivity contribution >= 4 is 5.78 Å². The van der Waals surface area contributed by atoms with E-state index < -0.39 is 0 Å². The molecule has 0 aromatic heterocycles. The van der Waals surface area contributed by atoms with Crippen LogP contribution in [0.2, 0.25) is 0 Å². The number of rotatable bonds is 1. The molecule has 1 atom stereocenters. The smallest absolute Gasteiger partial charge is 0.165 e. The lowest BCUT2D eigenvalue weighted by molar-refractivity contribution is 0.0988. The quantitative estimate of drug-likeness (QED) is 0.707. The van der Waals surface area contributed by atoms with Gasteiger partial charge < -0.3 is 5.73 Å². The summed E-state index contributed by atoms with van der Waals surface area (Å²) in [6.45, 7) is 2.06. The van der Waals surface area contributed by atoms with Crippen molar-refractivity contribution in [2.24, 2.45) is 5.73 Å². The van der Waals surface area contributed by atoms with Crippen LogP contribution >= 0.6 is 0 Å². The lowest BCUT2D eigenvalue weighted by atomic mass is 10.0. The minimum atomic E-state index is -0.0750. The summed E-state index contributed by atoms with van der Waals surface area (Å²) in [6.07, 6.45) is 1.38. The fourth-order valence-corrected chi connectivity index (χ4v) is 1.98. The van der Waals surface area contributed by atoms with Gasteiger partial charge in [0.15, 0.2) is 5.78 Å². The first-order valence-electron chi connectivity index (χ1n) is 4.64. The number of hydrogen-bond acceptors (Lipinski definition) is 2. The fourth-order valence-electron chi connectivity index (χ4n) is 1.98. The Morgan fingerprint density at radius 1 is 1.54 bits per heavy atom. The monoisotopic (exact) mass is 175 g/mol. The van der Waals surface area contributed by atoms with Crippen molar-refractivity contribution in [1.29, 1.82) is 0 Å². The molecule has 2 N–H and O–H groups in total. The molecule has 0 heterocycles. The van der Waals surface area contributed by atoms with E-state index in [9.17, 15) is 4.79 Å². The minimum absolute atomic E-state index is 0.0750. The van der Waals surface area contributed by atoms with Crippen LogP contribution in [0.4, 0.5) is 0 Å². The Balaban J connectivity index is 2.62. The number of aryl methyl sites for hydroxylation is 1. The van der Waals surface area contributed by atoms with Gasteiger partial charge in [-0.15, -0.1) is 0 Å². The zero-order chi connectivity index (χ0) is 9.42. The Bertz CT molecular complexity index is 357. The van der Waals surface area contributed by atoms with E-state index in [1.165, 1.54) is 0 Å². The summed E-state index contributed by atoms with van der Waals surface area (Å²) in [5, 5.41) is 0. The molecule has 0 radical (unpaired) electrons. The van der Waals surface area contributed by atoms with E-state index in [0.717, 1.165) is 23.1 Å². The number of carbonyl (C=O) groups excluding carboxylic acids is 1. The van der Waals surface area contributed by atoms with E-state index in [4.69, 9.17) is 5.73 Å². The fraction of sp³-hybridized carbons (Fsp3) is 0.364. The van der Waals surface area contributed by atoms with E-state index in [1.807, 2.05) is 18.2 Å². The first kappa shape index (κ1) is 8.45. The van der Waals surface area contributed by atoms with Gasteiger partial charge in [-0.2, -0.15) is 0 Å². The van der Waals surface area contributed by atoms with E-state index in [2.05, 4.69) is 6.92 Å². The van der Waals surface area contributed by atoms with Crippen LogP contribution < -0.4 is 5.73 Å². The predicted octanol–water partition coefficient (Wildman–Crippen LogP) is 1.84. The molecule has 13 heavy (non-hydrogen) atoms. The highest BCUT2D eigenvalue weighted by atomic mass is 16.1. The van der Waals surface area contributed by atoms with Crippen LogP contribution in [-0.4, -0.2) is 5.78 Å². The molecule has 0 bridgehead atoms. The number of nitrogens with two attached hydrogens (primary N) is 1. The van der Waals surface area contributed by atoms with E-state index in [0.29, 0.717) is 6.42 Å². The molecule has 68 valence electrons. The summed E-state index contributed by atoms with van der Waals surface area (Å²) >= 11 is 0. The second-order valence-corrected chi connectivity index (χ2v) is 3.47. The Kier molecular flexibility index (Phi) is 1.93. The van der Waals surface area contributed by atoms with Crippen molar-refractivity contribution < 1.29 is 4.79 Å². The molecular formula is C11H13NO. The first-order valence-corrected chi connectivity index (χ1v) is 4.64. The molecule has 1 aromatic rings. The summed E-state index contributed by atoms with van der Waals surface area (Å²) in [4.78, 5) is 11.6. The zero-order valence-corrected chi connectivity index (χ0v) is 7.71. The van der Waals surface area contributed by atoms with Crippen LogP contribution in [-0.2, 0) is 6.42 Å². The molecule has 0 aliphatic heterocycles. The molecular weight excluding hydrogens is 162 g/mol. The first-order chi connectivity index (χ1) is 6.24. The molecule has 0 fully saturated rings. The number of carbonyl (C=O) groups is 1. The zero-order valence-electron chi connectivity index (χ0n) is 7.71. The topological polar surface area (TPSA) is 43.1 Å². The average molecular weight is 175 g/mol. The van der Waals surface area contributed by atoms with Gasteiger partial charge in [0.2, 0.25) is 0 Å². The van der Waals surface area contributed by atoms with Gasteiger partial charge >= 0.3 is 0 Å². The lowest BCUT2D eigenvalue weighted by Gasteiger charge is -2.05. The highest BCUT2D eigenvalue weighted by Crippen LogP contribution is 2.31. The largest absolute Gasteiger partial charge is 0.324 e. The van der Waals surface area contributed by atoms with Gasteiger partial charge in [-0.1, -0.05) is 25.1 Å². The van der Waals surface area contributed by atoms with Crippen molar-refractivity contribution in [1.82, 2.24) is 0 Å². The standard InChI is InChI=1S/C11H13NO/c1-2-7-4-3-5-8-9(12)6-10(13)11(7)8/h3-5,9H,2,6,12H2,1H3/t9-/m0/s1. The molecule has 1 aliphatic rings. The third-order valence-electron chi connectivity index (χ3n) is 2.65. The maximum atomic E-state index is 11.6. The van der Waals surface area contributed by atoms with Gasteiger partial charge in [0, 0.05) is 18.0 Å². The Morgan fingerprint density at radius 2 is 2.31 bits per heavy atom. The molecule has 1 aliphatic carbocycles. The van der Waals surface area contributed by atoms with Crippen LogP contribution in [0.5, 0.6) is 0 Å². The van der Waals surface area contributed by atoms with Crippen molar-refractivity contribution in [3.63, 3.8) is 0 Å². The number of ketones is 1. The average Bonchev–Trinajstić information content (AvgIpc) is 2.43. The van der Waals surface area contributed by atoms with Crippen LogP contribution in [0, 0.1) is 0 Å². The Labute approximate surface area is 77.8 Å². The summed E-state index contributed by atoms with van der Waals surface area (Å²) in [6, 6.07) is 5.88. The van der Waals surface area contributed by atoms with Crippen molar-refractivity contribution in [2.75, 3.05) is 0 Å². The second kappa shape index (κ2) is 2.96. The third-order valence-corrected chi connectivity index (χ3v) is 2.65. The Morgan fingerprint density at radius 3 is 3.00 bits per heavy atom.